The second-order valence-electron chi connectivity index (χ2n) is 4.79. The Morgan fingerprint density at radius 1 is 1.45 bits per heavy atom. The second kappa shape index (κ2) is 6.36. The van der Waals surface area contributed by atoms with E-state index in [0.29, 0.717) is 5.69 Å². The highest BCUT2D eigenvalue weighted by Gasteiger charge is 2.17. The summed E-state index contributed by atoms with van der Waals surface area (Å²) >= 11 is 0. The standard InChI is InChI=1S/C14H21N5O/c1-4-8-19-13(15-9-16-19)10(3)17-14(20)12-7-6-11(5-2)18-12/h6-7,9-10,18H,4-5,8H2,1-3H3,(H,17,20)/t10-/m1/s1. The Kier molecular flexibility index (Phi) is 4.55. The van der Waals surface area contributed by atoms with Gasteiger partial charge in [0.1, 0.15) is 17.8 Å². The van der Waals surface area contributed by atoms with Crippen LogP contribution in [0.5, 0.6) is 0 Å². The highest BCUT2D eigenvalue weighted by atomic mass is 16.1. The fourth-order valence-electron chi connectivity index (χ4n) is 2.11. The van der Waals surface area contributed by atoms with Gasteiger partial charge >= 0.3 is 0 Å². The van der Waals surface area contributed by atoms with Gasteiger partial charge in [-0.1, -0.05) is 13.8 Å². The molecule has 20 heavy (non-hydrogen) atoms. The smallest absolute Gasteiger partial charge is 0.268 e. The van der Waals surface area contributed by atoms with E-state index in [1.54, 1.807) is 6.07 Å². The predicted octanol–water partition coefficient (Wildman–Crippen LogP) is 2.07. The monoisotopic (exact) mass is 275 g/mol. The number of aromatic nitrogens is 4. The van der Waals surface area contributed by atoms with Crippen LogP contribution in [-0.2, 0) is 13.0 Å². The number of rotatable bonds is 6. The molecule has 0 aliphatic heterocycles. The summed E-state index contributed by atoms with van der Waals surface area (Å²) in [6.45, 7) is 6.85. The number of aromatic amines is 1. The van der Waals surface area contributed by atoms with Crippen molar-refractivity contribution in [2.24, 2.45) is 0 Å². The lowest BCUT2D eigenvalue weighted by Crippen LogP contribution is -2.29. The van der Waals surface area contributed by atoms with Crippen molar-refractivity contribution >= 4 is 5.91 Å². The number of carbonyl (C=O) groups excluding carboxylic acids is 1. The lowest BCUT2D eigenvalue weighted by atomic mass is 10.3. The molecule has 0 fully saturated rings. The predicted molar refractivity (Wildman–Crippen MR) is 76.4 cm³/mol. The molecule has 0 bridgehead atoms. The quantitative estimate of drug-likeness (QED) is 0.847. The van der Waals surface area contributed by atoms with E-state index in [4.69, 9.17) is 0 Å². The van der Waals surface area contributed by atoms with Gasteiger partial charge in [-0.25, -0.2) is 9.67 Å². The van der Waals surface area contributed by atoms with Gasteiger partial charge in [0, 0.05) is 12.2 Å². The van der Waals surface area contributed by atoms with Gasteiger partial charge < -0.3 is 10.3 Å². The molecule has 6 heteroatoms. The van der Waals surface area contributed by atoms with Crippen LogP contribution in [0.15, 0.2) is 18.5 Å². The molecule has 0 saturated heterocycles. The first-order valence-corrected chi connectivity index (χ1v) is 7.02. The molecule has 108 valence electrons. The Bertz CT molecular complexity index is 572. The third-order valence-corrected chi connectivity index (χ3v) is 3.19. The maximum atomic E-state index is 12.1. The van der Waals surface area contributed by atoms with E-state index in [1.807, 2.05) is 24.6 Å². The molecule has 0 unspecified atom stereocenters. The number of H-pyrrole nitrogens is 1. The van der Waals surface area contributed by atoms with Crippen molar-refractivity contribution < 1.29 is 4.79 Å². The molecule has 0 spiro atoms. The van der Waals surface area contributed by atoms with Crippen molar-refractivity contribution in [2.45, 2.75) is 46.2 Å². The van der Waals surface area contributed by atoms with Gasteiger partial charge in [-0.05, 0) is 31.9 Å². The molecule has 0 aliphatic carbocycles. The molecule has 0 aromatic carbocycles. The summed E-state index contributed by atoms with van der Waals surface area (Å²) < 4.78 is 1.83. The number of hydrogen-bond acceptors (Lipinski definition) is 3. The lowest BCUT2D eigenvalue weighted by molar-refractivity contribution is 0.0933. The molecule has 2 aromatic rings. The Labute approximate surface area is 118 Å². The van der Waals surface area contributed by atoms with E-state index in [2.05, 4.69) is 27.3 Å². The molecule has 2 heterocycles. The lowest BCUT2D eigenvalue weighted by Gasteiger charge is -2.13. The Hall–Kier alpha value is -2.11. The summed E-state index contributed by atoms with van der Waals surface area (Å²) in [6.07, 6.45) is 3.39. The SMILES string of the molecule is CCCn1ncnc1[C@@H](C)NC(=O)c1ccc(CC)[nH]1. The summed E-state index contributed by atoms with van der Waals surface area (Å²) in [7, 11) is 0. The first kappa shape index (κ1) is 14.3. The van der Waals surface area contributed by atoms with Crippen molar-refractivity contribution in [1.82, 2.24) is 25.1 Å². The van der Waals surface area contributed by atoms with Crippen molar-refractivity contribution in [3.63, 3.8) is 0 Å². The molecule has 1 atom stereocenters. The third kappa shape index (κ3) is 3.07. The van der Waals surface area contributed by atoms with E-state index in [0.717, 1.165) is 30.9 Å². The summed E-state index contributed by atoms with van der Waals surface area (Å²) in [5.41, 5.74) is 1.63. The van der Waals surface area contributed by atoms with E-state index in [1.165, 1.54) is 6.33 Å². The maximum absolute atomic E-state index is 12.1. The molecule has 1 amide bonds. The topological polar surface area (TPSA) is 75.6 Å². The van der Waals surface area contributed by atoms with E-state index >= 15 is 0 Å². The second-order valence-corrected chi connectivity index (χ2v) is 4.79. The summed E-state index contributed by atoms with van der Waals surface area (Å²) in [5, 5.41) is 7.11. The normalized spacial score (nSPS) is 12.3. The van der Waals surface area contributed by atoms with Gasteiger partial charge in [-0.3, -0.25) is 4.79 Å². The molecule has 0 radical (unpaired) electrons. The summed E-state index contributed by atoms with van der Waals surface area (Å²) in [5.74, 6) is 0.658. The first-order valence-electron chi connectivity index (χ1n) is 7.02. The average Bonchev–Trinajstić information content (AvgIpc) is 3.07. The average molecular weight is 275 g/mol. The number of amides is 1. The molecule has 6 nitrogen and oxygen atoms in total. The summed E-state index contributed by atoms with van der Waals surface area (Å²) in [4.78, 5) is 19.5. The number of carbonyl (C=O) groups is 1. The minimum Gasteiger partial charge on any atom is -0.354 e. The van der Waals surface area contributed by atoms with Crippen LogP contribution in [0.1, 0.15) is 55.2 Å². The van der Waals surface area contributed by atoms with Crippen LogP contribution >= 0.6 is 0 Å². The first-order chi connectivity index (χ1) is 9.65. The number of aryl methyl sites for hydroxylation is 2. The Balaban J connectivity index is 2.05. The molecule has 2 rings (SSSR count). The van der Waals surface area contributed by atoms with Gasteiger partial charge in [-0.15, -0.1) is 0 Å². The van der Waals surface area contributed by atoms with Crippen LogP contribution < -0.4 is 5.32 Å². The molecule has 2 aromatic heterocycles. The number of nitrogens with one attached hydrogen (secondary N) is 2. The van der Waals surface area contributed by atoms with Gasteiger partial charge in [0.15, 0.2) is 0 Å². The maximum Gasteiger partial charge on any atom is 0.268 e. The third-order valence-electron chi connectivity index (χ3n) is 3.19. The zero-order chi connectivity index (χ0) is 14.5. The van der Waals surface area contributed by atoms with Crippen LogP contribution in [0.3, 0.4) is 0 Å². The number of hydrogen-bond donors (Lipinski definition) is 2. The number of nitrogens with zero attached hydrogens (tertiary/aromatic N) is 3. The van der Waals surface area contributed by atoms with Gasteiger partial charge in [0.05, 0.1) is 6.04 Å². The minimum atomic E-state index is -0.176. The molecular weight excluding hydrogens is 254 g/mol. The highest BCUT2D eigenvalue weighted by molar-refractivity contribution is 5.92. The Morgan fingerprint density at radius 3 is 2.90 bits per heavy atom. The van der Waals surface area contributed by atoms with Crippen molar-refractivity contribution in [3.8, 4) is 0 Å². The zero-order valence-electron chi connectivity index (χ0n) is 12.2. The van der Waals surface area contributed by atoms with Crippen LogP contribution in [0.2, 0.25) is 0 Å². The van der Waals surface area contributed by atoms with Crippen LogP contribution in [-0.4, -0.2) is 25.7 Å². The fraction of sp³-hybridized carbons (Fsp3) is 0.500. The largest absolute Gasteiger partial charge is 0.354 e. The van der Waals surface area contributed by atoms with Gasteiger partial charge in [0.25, 0.3) is 5.91 Å². The van der Waals surface area contributed by atoms with Crippen molar-refractivity contribution in [2.75, 3.05) is 0 Å². The fourth-order valence-corrected chi connectivity index (χ4v) is 2.11. The van der Waals surface area contributed by atoms with Crippen LogP contribution in [0.25, 0.3) is 0 Å². The van der Waals surface area contributed by atoms with E-state index in [9.17, 15) is 4.79 Å². The zero-order valence-corrected chi connectivity index (χ0v) is 12.2. The van der Waals surface area contributed by atoms with Crippen LogP contribution in [0.4, 0.5) is 0 Å². The van der Waals surface area contributed by atoms with Gasteiger partial charge in [-0.2, -0.15) is 5.10 Å². The molecule has 0 aliphatic rings. The van der Waals surface area contributed by atoms with Crippen molar-refractivity contribution in [3.05, 3.63) is 35.7 Å². The Morgan fingerprint density at radius 2 is 2.25 bits per heavy atom. The summed E-state index contributed by atoms with van der Waals surface area (Å²) in [6, 6.07) is 3.56. The van der Waals surface area contributed by atoms with E-state index in [-0.39, 0.29) is 11.9 Å². The van der Waals surface area contributed by atoms with Crippen LogP contribution in [0, 0.1) is 0 Å². The van der Waals surface area contributed by atoms with Crippen molar-refractivity contribution in [1.29, 1.82) is 0 Å². The highest BCUT2D eigenvalue weighted by Crippen LogP contribution is 2.11. The minimum absolute atomic E-state index is 0.122. The van der Waals surface area contributed by atoms with E-state index < -0.39 is 0 Å². The molecular formula is C14H21N5O. The molecule has 0 saturated carbocycles. The molecule has 2 N–H and O–H groups in total. The van der Waals surface area contributed by atoms with Gasteiger partial charge in [0.2, 0.25) is 0 Å².